The summed E-state index contributed by atoms with van der Waals surface area (Å²) >= 11 is 0. The van der Waals surface area contributed by atoms with E-state index in [0.717, 1.165) is 5.69 Å². The molecule has 0 aliphatic heterocycles. The van der Waals surface area contributed by atoms with Crippen molar-refractivity contribution in [3.8, 4) is 0 Å². The van der Waals surface area contributed by atoms with Crippen molar-refractivity contribution in [2.75, 3.05) is 6.61 Å². The zero-order chi connectivity index (χ0) is 12.6. The number of hydrogen-bond donors (Lipinski definition) is 0. The Labute approximate surface area is 97.4 Å². The molecular formula is C11H13N3O3. The molecular weight excluding hydrogens is 222 g/mol. The van der Waals surface area contributed by atoms with E-state index in [-0.39, 0.29) is 23.2 Å². The first-order valence-electron chi connectivity index (χ1n) is 5.27. The number of aryl methyl sites for hydroxylation is 2. The molecule has 90 valence electrons. The van der Waals surface area contributed by atoms with E-state index in [0.29, 0.717) is 0 Å². The molecule has 0 radical (unpaired) electrons. The highest BCUT2D eigenvalue weighted by Crippen LogP contribution is 2.09. The smallest absolute Gasteiger partial charge is 0.342 e. The largest absolute Gasteiger partial charge is 0.462 e. The first-order chi connectivity index (χ1) is 8.06. The van der Waals surface area contributed by atoms with Gasteiger partial charge in [0.15, 0.2) is 0 Å². The summed E-state index contributed by atoms with van der Waals surface area (Å²) in [5.41, 5.74) is 0.968. The molecule has 0 bridgehead atoms. The van der Waals surface area contributed by atoms with Gasteiger partial charge in [-0.1, -0.05) is 0 Å². The molecule has 6 heteroatoms. The van der Waals surface area contributed by atoms with Gasteiger partial charge in [-0.25, -0.2) is 9.31 Å². The van der Waals surface area contributed by atoms with Crippen LogP contribution in [0.15, 0.2) is 17.2 Å². The first-order valence-corrected chi connectivity index (χ1v) is 5.27. The van der Waals surface area contributed by atoms with Gasteiger partial charge in [-0.05, 0) is 13.8 Å². The van der Waals surface area contributed by atoms with Crippen molar-refractivity contribution in [1.29, 1.82) is 0 Å². The van der Waals surface area contributed by atoms with Crippen LogP contribution in [-0.2, 0) is 11.8 Å². The molecule has 0 N–H and O–H groups in total. The standard InChI is InChI=1S/C11H13N3O3/c1-4-17-11(16)8-5-12-14-7(2)6-13(3)10(15)9(8)14/h5-6H,4H2,1-3H3. The van der Waals surface area contributed by atoms with Gasteiger partial charge >= 0.3 is 5.97 Å². The highest BCUT2D eigenvalue weighted by molar-refractivity contribution is 5.96. The Balaban J connectivity index is 2.76. The van der Waals surface area contributed by atoms with Crippen LogP contribution in [-0.4, -0.2) is 26.8 Å². The predicted octanol–water partition coefficient (Wildman–Crippen LogP) is 0.518. The number of aromatic nitrogens is 3. The topological polar surface area (TPSA) is 65.6 Å². The molecule has 0 amide bonds. The third-order valence-electron chi connectivity index (χ3n) is 2.50. The summed E-state index contributed by atoms with van der Waals surface area (Å²) in [7, 11) is 1.64. The van der Waals surface area contributed by atoms with Crippen molar-refractivity contribution in [2.45, 2.75) is 13.8 Å². The van der Waals surface area contributed by atoms with Gasteiger partial charge in [-0.2, -0.15) is 5.10 Å². The average molecular weight is 235 g/mol. The molecule has 0 saturated heterocycles. The highest BCUT2D eigenvalue weighted by atomic mass is 16.5. The maximum Gasteiger partial charge on any atom is 0.342 e. The molecule has 0 atom stereocenters. The lowest BCUT2D eigenvalue weighted by Crippen LogP contribution is -2.21. The van der Waals surface area contributed by atoms with E-state index >= 15 is 0 Å². The minimum atomic E-state index is -0.523. The molecule has 0 spiro atoms. The summed E-state index contributed by atoms with van der Waals surface area (Å²) in [6.07, 6.45) is 3.03. The Morgan fingerprint density at radius 1 is 1.53 bits per heavy atom. The van der Waals surface area contributed by atoms with Crippen LogP contribution >= 0.6 is 0 Å². The van der Waals surface area contributed by atoms with Gasteiger partial charge in [-0.3, -0.25) is 4.79 Å². The molecule has 0 aliphatic rings. The summed E-state index contributed by atoms with van der Waals surface area (Å²) in [5, 5.41) is 4.03. The van der Waals surface area contributed by atoms with Crippen molar-refractivity contribution < 1.29 is 9.53 Å². The summed E-state index contributed by atoms with van der Waals surface area (Å²) in [6.45, 7) is 3.80. The molecule has 0 aliphatic carbocycles. The molecule has 0 fully saturated rings. The number of ether oxygens (including phenoxy) is 1. The van der Waals surface area contributed by atoms with Gasteiger partial charge in [0, 0.05) is 13.2 Å². The molecule has 0 aromatic carbocycles. The van der Waals surface area contributed by atoms with Crippen LogP contribution in [0.2, 0.25) is 0 Å². The van der Waals surface area contributed by atoms with Crippen molar-refractivity contribution in [2.24, 2.45) is 7.05 Å². The van der Waals surface area contributed by atoms with Crippen molar-refractivity contribution in [3.63, 3.8) is 0 Å². The summed E-state index contributed by atoms with van der Waals surface area (Å²) in [5.74, 6) is -0.523. The molecule has 17 heavy (non-hydrogen) atoms. The minimum absolute atomic E-state index is 0.205. The second-order valence-corrected chi connectivity index (χ2v) is 3.73. The monoisotopic (exact) mass is 235 g/mol. The highest BCUT2D eigenvalue weighted by Gasteiger charge is 2.18. The van der Waals surface area contributed by atoms with Gasteiger partial charge in [-0.15, -0.1) is 0 Å². The van der Waals surface area contributed by atoms with Gasteiger partial charge < -0.3 is 9.30 Å². The number of esters is 1. The Kier molecular flexibility index (Phi) is 2.71. The van der Waals surface area contributed by atoms with E-state index in [9.17, 15) is 9.59 Å². The normalized spacial score (nSPS) is 10.8. The number of nitrogens with zero attached hydrogens (tertiary/aromatic N) is 3. The van der Waals surface area contributed by atoms with E-state index in [2.05, 4.69) is 5.10 Å². The number of fused-ring (bicyclic) bond motifs is 1. The lowest BCUT2D eigenvalue weighted by atomic mass is 10.3. The number of carbonyl (C=O) groups is 1. The summed E-state index contributed by atoms with van der Waals surface area (Å²) in [6, 6.07) is 0. The average Bonchev–Trinajstić information content (AvgIpc) is 2.71. The Hall–Kier alpha value is -2.11. The molecule has 2 aromatic rings. The number of rotatable bonds is 2. The Bertz CT molecular complexity index is 639. The van der Waals surface area contributed by atoms with Crippen molar-refractivity contribution >= 4 is 11.5 Å². The third-order valence-corrected chi connectivity index (χ3v) is 2.50. The molecule has 2 aromatic heterocycles. The minimum Gasteiger partial charge on any atom is -0.462 e. The van der Waals surface area contributed by atoms with E-state index in [1.807, 2.05) is 6.92 Å². The third kappa shape index (κ3) is 1.71. The van der Waals surface area contributed by atoms with Gasteiger partial charge in [0.25, 0.3) is 5.56 Å². The molecule has 0 saturated carbocycles. The van der Waals surface area contributed by atoms with Gasteiger partial charge in [0.2, 0.25) is 0 Å². The lowest BCUT2D eigenvalue weighted by Gasteiger charge is -2.04. The lowest BCUT2D eigenvalue weighted by molar-refractivity contribution is 0.0528. The van der Waals surface area contributed by atoms with Gasteiger partial charge in [0.1, 0.15) is 11.1 Å². The summed E-state index contributed by atoms with van der Waals surface area (Å²) < 4.78 is 7.77. The maximum atomic E-state index is 12.0. The van der Waals surface area contributed by atoms with Crippen molar-refractivity contribution in [1.82, 2.24) is 14.2 Å². The fraction of sp³-hybridized carbons (Fsp3) is 0.364. The zero-order valence-corrected chi connectivity index (χ0v) is 9.93. The second-order valence-electron chi connectivity index (χ2n) is 3.73. The SMILES string of the molecule is CCOC(=O)c1cnn2c(C)cn(C)c(=O)c12. The van der Waals surface area contributed by atoms with Crippen LogP contribution in [0.5, 0.6) is 0 Å². The fourth-order valence-electron chi connectivity index (χ4n) is 1.74. The van der Waals surface area contributed by atoms with Crippen LogP contribution in [0.3, 0.4) is 0 Å². The Morgan fingerprint density at radius 3 is 2.88 bits per heavy atom. The van der Waals surface area contributed by atoms with Crippen LogP contribution < -0.4 is 5.56 Å². The van der Waals surface area contributed by atoms with Crippen LogP contribution in [0, 0.1) is 6.92 Å². The molecule has 2 heterocycles. The van der Waals surface area contributed by atoms with Gasteiger partial charge in [0.05, 0.1) is 18.5 Å². The maximum absolute atomic E-state index is 12.0. The van der Waals surface area contributed by atoms with E-state index < -0.39 is 5.97 Å². The fourth-order valence-corrected chi connectivity index (χ4v) is 1.74. The van der Waals surface area contributed by atoms with E-state index in [1.165, 1.54) is 15.3 Å². The predicted molar refractivity (Wildman–Crippen MR) is 61.1 cm³/mol. The molecule has 6 nitrogen and oxygen atoms in total. The quantitative estimate of drug-likeness (QED) is 0.712. The van der Waals surface area contributed by atoms with E-state index in [4.69, 9.17) is 4.74 Å². The number of hydrogen-bond acceptors (Lipinski definition) is 4. The van der Waals surface area contributed by atoms with Crippen LogP contribution in [0.25, 0.3) is 5.52 Å². The van der Waals surface area contributed by atoms with Crippen LogP contribution in [0.1, 0.15) is 23.0 Å². The summed E-state index contributed by atoms with van der Waals surface area (Å²) in [4.78, 5) is 23.6. The van der Waals surface area contributed by atoms with Crippen molar-refractivity contribution in [3.05, 3.63) is 34.0 Å². The second kappa shape index (κ2) is 4.04. The first kappa shape index (κ1) is 11.4. The number of carbonyl (C=O) groups excluding carboxylic acids is 1. The van der Waals surface area contributed by atoms with E-state index in [1.54, 1.807) is 20.2 Å². The molecule has 0 unspecified atom stereocenters. The molecule has 2 rings (SSSR count). The Morgan fingerprint density at radius 2 is 2.24 bits per heavy atom. The van der Waals surface area contributed by atoms with Crippen LogP contribution in [0.4, 0.5) is 0 Å². The zero-order valence-electron chi connectivity index (χ0n) is 9.93.